The first kappa shape index (κ1) is 8.76. The molecule has 0 aromatic carbocycles. The zero-order valence-corrected chi connectivity index (χ0v) is 8.23. The minimum Gasteiger partial charge on any atom is -0.305 e. The third-order valence-corrected chi connectivity index (χ3v) is 2.27. The second-order valence-corrected chi connectivity index (χ2v) is 3.55. The van der Waals surface area contributed by atoms with Crippen LogP contribution in [0.1, 0.15) is 31.2 Å². The van der Waals surface area contributed by atoms with Gasteiger partial charge in [-0.05, 0) is 18.1 Å². The van der Waals surface area contributed by atoms with E-state index in [1.807, 2.05) is 22.7 Å². The molecule has 70 valence electrons. The van der Waals surface area contributed by atoms with Crippen molar-refractivity contribution in [3.63, 3.8) is 0 Å². The molecule has 2 rings (SSSR count). The average Bonchev–Trinajstić information content (AvgIpc) is 2.59. The summed E-state index contributed by atoms with van der Waals surface area (Å²) in [4.78, 5) is 4.32. The van der Waals surface area contributed by atoms with Crippen molar-refractivity contribution in [1.82, 2.24) is 9.38 Å². The molecule has 2 aromatic rings. The van der Waals surface area contributed by atoms with Gasteiger partial charge in [0.25, 0.3) is 0 Å². The quantitative estimate of drug-likeness (QED) is 0.684. The van der Waals surface area contributed by atoms with E-state index >= 15 is 0 Å². The van der Waals surface area contributed by atoms with Crippen molar-refractivity contribution in [3.8, 4) is 6.07 Å². The van der Waals surface area contributed by atoms with Crippen LogP contribution < -0.4 is 0 Å². The van der Waals surface area contributed by atoms with Gasteiger partial charge in [0, 0.05) is 12.4 Å². The average molecular weight is 185 g/mol. The lowest BCUT2D eigenvalue weighted by atomic mass is 10.1. The fourth-order valence-electron chi connectivity index (χ4n) is 1.60. The molecule has 14 heavy (non-hydrogen) atoms. The largest absolute Gasteiger partial charge is 0.305 e. The Hall–Kier alpha value is -1.82. The minimum absolute atomic E-state index is 0.375. The van der Waals surface area contributed by atoms with E-state index in [0.717, 1.165) is 11.2 Å². The molecule has 0 aliphatic heterocycles. The highest BCUT2D eigenvalue weighted by Gasteiger charge is 2.08. The molecule has 2 aromatic heterocycles. The highest BCUT2D eigenvalue weighted by Crippen LogP contribution is 2.19. The maximum Gasteiger partial charge on any atom is 0.124 e. The molecule has 0 fully saturated rings. The van der Waals surface area contributed by atoms with E-state index in [1.54, 1.807) is 6.20 Å². The highest BCUT2D eigenvalue weighted by molar-refractivity contribution is 5.56. The predicted molar refractivity (Wildman–Crippen MR) is 54.0 cm³/mol. The van der Waals surface area contributed by atoms with Crippen molar-refractivity contribution in [2.24, 2.45) is 0 Å². The predicted octanol–water partition coefficient (Wildman–Crippen LogP) is 2.33. The lowest BCUT2D eigenvalue weighted by molar-refractivity contribution is 0.821. The Bertz CT molecular complexity index is 503. The first-order valence-electron chi connectivity index (χ1n) is 4.60. The fraction of sp³-hybridized carbons (Fsp3) is 0.273. The molecule has 0 amide bonds. The Morgan fingerprint density at radius 2 is 2.21 bits per heavy atom. The van der Waals surface area contributed by atoms with Gasteiger partial charge in [-0.2, -0.15) is 5.26 Å². The van der Waals surface area contributed by atoms with Gasteiger partial charge in [0.1, 0.15) is 11.8 Å². The summed E-state index contributed by atoms with van der Waals surface area (Å²) < 4.78 is 1.88. The number of aromatic nitrogens is 2. The lowest BCUT2D eigenvalue weighted by Crippen LogP contribution is -1.97. The van der Waals surface area contributed by atoms with Crippen LogP contribution in [0.4, 0.5) is 0 Å². The Labute approximate surface area is 82.6 Å². The molecule has 0 aliphatic rings. The fourth-order valence-corrected chi connectivity index (χ4v) is 1.60. The number of fused-ring (bicyclic) bond motifs is 1. The van der Waals surface area contributed by atoms with E-state index < -0.39 is 0 Å². The Kier molecular flexibility index (Phi) is 1.97. The van der Waals surface area contributed by atoms with Crippen LogP contribution in [0.2, 0.25) is 0 Å². The summed E-state index contributed by atoms with van der Waals surface area (Å²) in [6.07, 6.45) is 3.56. The molecule has 0 aliphatic carbocycles. The number of hydrogen-bond acceptors (Lipinski definition) is 2. The molecule has 0 radical (unpaired) electrons. The van der Waals surface area contributed by atoms with Gasteiger partial charge in [-0.3, -0.25) is 4.98 Å². The summed E-state index contributed by atoms with van der Waals surface area (Å²) in [6.45, 7) is 4.20. The lowest BCUT2D eigenvalue weighted by Gasteiger charge is -2.06. The summed E-state index contributed by atoms with van der Waals surface area (Å²) in [5, 5.41) is 8.86. The van der Waals surface area contributed by atoms with Gasteiger partial charge in [-0.25, -0.2) is 0 Å². The standard InChI is InChI=1S/C11H11N3/c1-8(2)11-10-4-3-9(7-12)14(10)6-5-13-11/h3-6,8H,1-2H3. The molecule has 0 N–H and O–H groups in total. The van der Waals surface area contributed by atoms with Crippen LogP contribution in [0.3, 0.4) is 0 Å². The Morgan fingerprint density at radius 3 is 2.86 bits per heavy atom. The maximum absolute atomic E-state index is 8.86. The number of nitriles is 1. The van der Waals surface area contributed by atoms with Crippen LogP contribution in [0.15, 0.2) is 24.5 Å². The first-order valence-corrected chi connectivity index (χ1v) is 4.60. The van der Waals surface area contributed by atoms with E-state index in [0.29, 0.717) is 11.6 Å². The minimum atomic E-state index is 0.375. The summed E-state index contributed by atoms with van der Waals surface area (Å²) >= 11 is 0. The SMILES string of the molecule is CC(C)c1nccn2c(C#N)ccc12. The molecule has 0 bridgehead atoms. The van der Waals surface area contributed by atoms with E-state index in [2.05, 4.69) is 24.9 Å². The highest BCUT2D eigenvalue weighted by atomic mass is 14.9. The maximum atomic E-state index is 8.86. The molecule has 0 saturated heterocycles. The zero-order chi connectivity index (χ0) is 10.1. The second-order valence-electron chi connectivity index (χ2n) is 3.55. The topological polar surface area (TPSA) is 41.1 Å². The summed E-state index contributed by atoms with van der Waals surface area (Å²) in [5.74, 6) is 0.375. The molecule has 0 spiro atoms. The molecule has 0 unspecified atom stereocenters. The number of nitrogens with zero attached hydrogens (tertiary/aromatic N) is 3. The smallest absolute Gasteiger partial charge is 0.124 e. The van der Waals surface area contributed by atoms with Gasteiger partial charge in [0.2, 0.25) is 0 Å². The number of rotatable bonds is 1. The molecule has 3 heteroatoms. The Morgan fingerprint density at radius 1 is 1.43 bits per heavy atom. The molecular weight excluding hydrogens is 174 g/mol. The van der Waals surface area contributed by atoms with Gasteiger partial charge in [-0.1, -0.05) is 13.8 Å². The molecule has 0 atom stereocenters. The van der Waals surface area contributed by atoms with Gasteiger partial charge >= 0.3 is 0 Å². The molecule has 3 nitrogen and oxygen atoms in total. The van der Waals surface area contributed by atoms with Gasteiger partial charge < -0.3 is 4.40 Å². The van der Waals surface area contributed by atoms with Crippen molar-refractivity contribution in [2.75, 3.05) is 0 Å². The van der Waals surface area contributed by atoms with Crippen molar-refractivity contribution in [3.05, 3.63) is 35.9 Å². The number of hydrogen-bond donors (Lipinski definition) is 0. The summed E-state index contributed by atoms with van der Waals surface area (Å²) in [6, 6.07) is 5.92. The van der Waals surface area contributed by atoms with Crippen LogP contribution in [0, 0.1) is 11.3 Å². The van der Waals surface area contributed by atoms with Crippen LogP contribution in [-0.4, -0.2) is 9.38 Å². The van der Waals surface area contributed by atoms with E-state index in [9.17, 15) is 0 Å². The van der Waals surface area contributed by atoms with E-state index in [1.165, 1.54) is 0 Å². The Balaban J connectivity index is 2.78. The molecule has 0 saturated carbocycles. The van der Waals surface area contributed by atoms with Crippen LogP contribution >= 0.6 is 0 Å². The van der Waals surface area contributed by atoms with Crippen LogP contribution in [0.5, 0.6) is 0 Å². The van der Waals surface area contributed by atoms with Crippen molar-refractivity contribution >= 4 is 5.52 Å². The normalized spacial score (nSPS) is 10.7. The molecule has 2 heterocycles. The zero-order valence-electron chi connectivity index (χ0n) is 8.23. The van der Waals surface area contributed by atoms with Crippen LogP contribution in [0.25, 0.3) is 5.52 Å². The first-order chi connectivity index (χ1) is 6.74. The van der Waals surface area contributed by atoms with Gasteiger partial charge in [0.05, 0.1) is 11.2 Å². The second kappa shape index (κ2) is 3.15. The van der Waals surface area contributed by atoms with E-state index in [4.69, 9.17) is 5.26 Å². The third kappa shape index (κ3) is 1.16. The monoisotopic (exact) mass is 185 g/mol. The van der Waals surface area contributed by atoms with Crippen LogP contribution in [-0.2, 0) is 0 Å². The van der Waals surface area contributed by atoms with Gasteiger partial charge in [-0.15, -0.1) is 0 Å². The summed E-state index contributed by atoms with van der Waals surface area (Å²) in [5.41, 5.74) is 2.72. The van der Waals surface area contributed by atoms with Gasteiger partial charge in [0.15, 0.2) is 0 Å². The van der Waals surface area contributed by atoms with E-state index in [-0.39, 0.29) is 0 Å². The summed E-state index contributed by atoms with van der Waals surface area (Å²) in [7, 11) is 0. The third-order valence-electron chi connectivity index (χ3n) is 2.27. The molecular formula is C11H11N3. The van der Waals surface area contributed by atoms with Crippen molar-refractivity contribution in [1.29, 1.82) is 5.26 Å². The van der Waals surface area contributed by atoms with Crippen molar-refractivity contribution in [2.45, 2.75) is 19.8 Å². The van der Waals surface area contributed by atoms with Crippen molar-refractivity contribution < 1.29 is 0 Å².